The number of halogens is 1. The average Bonchev–Trinajstić information content (AvgIpc) is 2.99. The predicted octanol–water partition coefficient (Wildman–Crippen LogP) is 3.54. The summed E-state index contributed by atoms with van der Waals surface area (Å²) in [7, 11) is 0. The van der Waals surface area contributed by atoms with Gasteiger partial charge in [-0.3, -0.25) is 4.79 Å². The Kier molecular flexibility index (Phi) is 4.27. The number of nitrogens with one attached hydrogen (secondary N) is 1. The molecule has 1 N–H and O–H groups in total. The lowest BCUT2D eigenvalue weighted by molar-refractivity contribution is -0.117. The molecule has 0 spiro atoms. The Morgan fingerprint density at radius 2 is 2.29 bits per heavy atom. The molecule has 0 fully saturated rings. The van der Waals surface area contributed by atoms with Gasteiger partial charge in [0.15, 0.2) is 0 Å². The number of benzene rings is 1. The van der Waals surface area contributed by atoms with Gasteiger partial charge in [-0.15, -0.1) is 11.3 Å². The number of thiophene rings is 1. The molecule has 21 heavy (non-hydrogen) atoms. The van der Waals surface area contributed by atoms with E-state index in [1.165, 1.54) is 4.88 Å². The maximum absolute atomic E-state index is 12.1. The molecule has 1 aliphatic heterocycles. The molecule has 3 rings (SSSR count). The lowest BCUT2D eigenvalue weighted by Crippen LogP contribution is -2.30. The summed E-state index contributed by atoms with van der Waals surface area (Å²) < 4.78 is 5.58. The fourth-order valence-corrected chi connectivity index (χ4v) is 3.04. The summed E-state index contributed by atoms with van der Waals surface area (Å²) in [6.45, 7) is 0.915. The Morgan fingerprint density at radius 3 is 3.10 bits per heavy atom. The van der Waals surface area contributed by atoms with Gasteiger partial charge in [-0.25, -0.2) is 0 Å². The van der Waals surface area contributed by atoms with Gasteiger partial charge < -0.3 is 10.1 Å². The van der Waals surface area contributed by atoms with Gasteiger partial charge in [0.1, 0.15) is 12.4 Å². The smallest absolute Gasteiger partial charge is 0.250 e. The normalized spacial score (nSPS) is 13.1. The molecule has 0 bridgehead atoms. The van der Waals surface area contributed by atoms with Crippen LogP contribution in [0.25, 0.3) is 6.08 Å². The topological polar surface area (TPSA) is 38.3 Å². The van der Waals surface area contributed by atoms with Crippen LogP contribution in [0.2, 0.25) is 5.02 Å². The Morgan fingerprint density at radius 1 is 1.38 bits per heavy atom. The second-order valence-electron chi connectivity index (χ2n) is 4.73. The Balaban J connectivity index is 1.62. The zero-order valence-corrected chi connectivity index (χ0v) is 12.8. The van der Waals surface area contributed by atoms with Crippen LogP contribution in [0, 0.1) is 0 Å². The molecule has 2 heterocycles. The van der Waals surface area contributed by atoms with E-state index >= 15 is 0 Å². The first-order chi connectivity index (χ1) is 10.2. The first kappa shape index (κ1) is 14.2. The monoisotopic (exact) mass is 319 g/mol. The molecule has 0 saturated carbocycles. The van der Waals surface area contributed by atoms with Gasteiger partial charge in [0.25, 0.3) is 5.91 Å². The van der Waals surface area contributed by atoms with Crippen LogP contribution in [0.3, 0.4) is 0 Å². The van der Waals surface area contributed by atoms with Crippen molar-refractivity contribution in [1.29, 1.82) is 0 Å². The van der Waals surface area contributed by atoms with Gasteiger partial charge in [-0.1, -0.05) is 17.7 Å². The fraction of sp³-hybridized carbons (Fsp3) is 0.188. The lowest BCUT2D eigenvalue weighted by Gasteiger charge is -2.17. The summed E-state index contributed by atoms with van der Waals surface area (Å²) in [4.78, 5) is 13.4. The van der Waals surface area contributed by atoms with Crippen LogP contribution >= 0.6 is 22.9 Å². The molecular formula is C16H14ClNO2S. The van der Waals surface area contributed by atoms with Crippen LogP contribution in [-0.4, -0.2) is 19.1 Å². The minimum atomic E-state index is -0.0859. The number of hydrogen-bond donors (Lipinski definition) is 1. The highest BCUT2D eigenvalue weighted by Crippen LogP contribution is 2.28. The molecule has 0 unspecified atom stereocenters. The number of hydrogen-bond acceptors (Lipinski definition) is 3. The molecule has 1 aromatic heterocycles. The maximum Gasteiger partial charge on any atom is 0.250 e. The summed E-state index contributed by atoms with van der Waals surface area (Å²) in [5.41, 5.74) is 1.47. The van der Waals surface area contributed by atoms with Crippen LogP contribution in [0.15, 0.2) is 41.3 Å². The molecular weight excluding hydrogens is 306 g/mol. The van der Waals surface area contributed by atoms with E-state index in [-0.39, 0.29) is 5.91 Å². The maximum atomic E-state index is 12.1. The van der Waals surface area contributed by atoms with Crippen molar-refractivity contribution in [1.82, 2.24) is 5.32 Å². The number of fused-ring (bicyclic) bond motifs is 1. The SMILES string of the molecule is O=C(NCCc1cccs1)C1=Cc2cc(Cl)ccc2OC1. The largest absolute Gasteiger partial charge is 0.488 e. The highest BCUT2D eigenvalue weighted by atomic mass is 35.5. The van der Waals surface area contributed by atoms with Crippen molar-refractivity contribution in [3.8, 4) is 5.75 Å². The highest BCUT2D eigenvalue weighted by Gasteiger charge is 2.17. The van der Waals surface area contributed by atoms with Gasteiger partial charge in [-0.2, -0.15) is 0 Å². The van der Waals surface area contributed by atoms with Crippen molar-refractivity contribution in [2.45, 2.75) is 6.42 Å². The van der Waals surface area contributed by atoms with E-state index in [1.807, 2.05) is 23.6 Å². The molecule has 1 aliphatic rings. The van der Waals surface area contributed by atoms with E-state index < -0.39 is 0 Å². The molecule has 108 valence electrons. The molecule has 3 nitrogen and oxygen atoms in total. The third-order valence-electron chi connectivity index (χ3n) is 3.21. The van der Waals surface area contributed by atoms with Gasteiger partial charge in [-0.05, 0) is 42.1 Å². The number of carbonyl (C=O) groups excluding carboxylic acids is 1. The van der Waals surface area contributed by atoms with Crippen LogP contribution in [0.5, 0.6) is 5.75 Å². The van der Waals surface area contributed by atoms with Crippen LogP contribution in [-0.2, 0) is 11.2 Å². The summed E-state index contributed by atoms with van der Waals surface area (Å²) in [6.07, 6.45) is 2.69. The molecule has 5 heteroatoms. The van der Waals surface area contributed by atoms with E-state index in [0.717, 1.165) is 17.7 Å². The summed E-state index contributed by atoms with van der Waals surface area (Å²) in [6, 6.07) is 9.48. The minimum Gasteiger partial charge on any atom is -0.488 e. The number of carbonyl (C=O) groups is 1. The second kappa shape index (κ2) is 6.33. The summed E-state index contributed by atoms with van der Waals surface area (Å²) >= 11 is 7.66. The van der Waals surface area contributed by atoms with E-state index in [4.69, 9.17) is 16.3 Å². The third-order valence-corrected chi connectivity index (χ3v) is 4.38. The highest BCUT2D eigenvalue weighted by molar-refractivity contribution is 7.09. The van der Waals surface area contributed by atoms with E-state index in [0.29, 0.717) is 23.7 Å². The van der Waals surface area contributed by atoms with Gasteiger partial charge in [0.05, 0.1) is 5.57 Å². The molecule has 0 radical (unpaired) electrons. The molecule has 1 amide bonds. The Hall–Kier alpha value is -1.78. The first-order valence-corrected chi connectivity index (χ1v) is 7.91. The average molecular weight is 320 g/mol. The van der Waals surface area contributed by atoms with Crippen LogP contribution < -0.4 is 10.1 Å². The number of rotatable bonds is 4. The summed E-state index contributed by atoms with van der Waals surface area (Å²) in [5, 5.41) is 5.59. The van der Waals surface area contributed by atoms with Gasteiger partial charge in [0, 0.05) is 22.0 Å². The van der Waals surface area contributed by atoms with Crippen LogP contribution in [0.1, 0.15) is 10.4 Å². The van der Waals surface area contributed by atoms with Gasteiger partial charge in [0.2, 0.25) is 0 Å². The minimum absolute atomic E-state index is 0.0859. The Bertz CT molecular complexity index is 680. The zero-order chi connectivity index (χ0) is 14.7. The van der Waals surface area contributed by atoms with E-state index in [1.54, 1.807) is 23.5 Å². The van der Waals surface area contributed by atoms with Crippen LogP contribution in [0.4, 0.5) is 0 Å². The molecule has 0 aliphatic carbocycles. The molecule has 1 aromatic carbocycles. The standard InChI is InChI=1S/C16H14ClNO2S/c17-13-3-4-15-11(9-13)8-12(10-20-15)16(19)18-6-5-14-2-1-7-21-14/h1-4,7-9H,5-6,10H2,(H,18,19). The van der Waals surface area contributed by atoms with E-state index in [2.05, 4.69) is 11.4 Å². The number of ether oxygens (including phenoxy) is 1. The Labute approximate surface area is 132 Å². The molecule has 0 saturated heterocycles. The fourth-order valence-electron chi connectivity index (χ4n) is 2.15. The summed E-state index contributed by atoms with van der Waals surface area (Å²) in [5.74, 6) is 0.673. The lowest BCUT2D eigenvalue weighted by atomic mass is 10.1. The predicted molar refractivity (Wildman–Crippen MR) is 86.0 cm³/mol. The van der Waals surface area contributed by atoms with Crippen molar-refractivity contribution in [2.24, 2.45) is 0 Å². The second-order valence-corrected chi connectivity index (χ2v) is 6.19. The van der Waals surface area contributed by atoms with Gasteiger partial charge >= 0.3 is 0 Å². The van der Waals surface area contributed by atoms with Crippen molar-refractivity contribution < 1.29 is 9.53 Å². The zero-order valence-electron chi connectivity index (χ0n) is 11.3. The van der Waals surface area contributed by atoms with E-state index in [9.17, 15) is 4.79 Å². The number of amides is 1. The first-order valence-electron chi connectivity index (χ1n) is 6.66. The van der Waals surface area contributed by atoms with Crippen molar-refractivity contribution in [3.05, 3.63) is 56.7 Å². The van der Waals surface area contributed by atoms with Crippen molar-refractivity contribution in [2.75, 3.05) is 13.2 Å². The van der Waals surface area contributed by atoms with Crippen molar-refractivity contribution >= 4 is 34.9 Å². The third kappa shape index (κ3) is 3.46. The molecule has 2 aromatic rings. The van der Waals surface area contributed by atoms with Crippen molar-refractivity contribution in [3.63, 3.8) is 0 Å². The molecule has 0 atom stereocenters. The quantitative estimate of drug-likeness (QED) is 0.936.